The van der Waals surface area contributed by atoms with Gasteiger partial charge in [-0.25, -0.2) is 4.79 Å². The topological polar surface area (TPSA) is 144 Å². The van der Waals surface area contributed by atoms with Crippen LogP contribution in [0, 0.1) is 0 Å². The van der Waals surface area contributed by atoms with Gasteiger partial charge in [0, 0.05) is 19.5 Å². The second-order valence-corrected chi connectivity index (χ2v) is 11.8. The summed E-state index contributed by atoms with van der Waals surface area (Å²) in [7, 11) is 0. The lowest BCUT2D eigenvalue weighted by Crippen LogP contribution is -2.53. The Bertz CT molecular complexity index is 1420. The maximum Gasteiger partial charge on any atom is 0.407 e. The number of rotatable bonds is 17. The molecule has 0 fully saturated rings. The third kappa shape index (κ3) is 13.3. The summed E-state index contributed by atoms with van der Waals surface area (Å²) in [5.41, 5.74) is 1.19. The molecule has 0 aliphatic carbocycles. The van der Waals surface area contributed by atoms with Gasteiger partial charge >= 0.3 is 6.09 Å². The first kappa shape index (κ1) is 36.0. The fourth-order valence-corrected chi connectivity index (χ4v) is 4.56. The van der Waals surface area contributed by atoms with Crippen LogP contribution in [-0.2, 0) is 41.4 Å². The summed E-state index contributed by atoms with van der Waals surface area (Å²) in [4.78, 5) is 50.7. The number of carbonyl (C=O) groups excluding carboxylic acids is 4. The van der Waals surface area contributed by atoms with Gasteiger partial charge in [0.15, 0.2) is 0 Å². The quantitative estimate of drug-likeness (QED) is 0.167. The lowest BCUT2D eigenvalue weighted by atomic mass is 10.0. The third-order valence-corrected chi connectivity index (χ3v) is 6.75. The lowest BCUT2D eigenvalue weighted by Gasteiger charge is -2.21. The average molecular weight is 635 g/mol. The van der Waals surface area contributed by atoms with E-state index in [9.17, 15) is 19.2 Å². The highest BCUT2D eigenvalue weighted by atomic mass is 16.6. The van der Waals surface area contributed by atoms with E-state index in [1.165, 1.54) is 0 Å². The van der Waals surface area contributed by atoms with Crippen molar-refractivity contribution in [3.05, 3.63) is 83.9 Å². The predicted octanol–water partition coefficient (Wildman–Crippen LogP) is 3.29. The summed E-state index contributed by atoms with van der Waals surface area (Å²) >= 11 is 0. The largest absolute Gasteiger partial charge is 0.444 e. The highest BCUT2D eigenvalue weighted by molar-refractivity contribution is 5.94. The zero-order valence-electron chi connectivity index (χ0n) is 27.1. The SMILES string of the molecule is CC(NC(=O)C(Cc1ccccc1)NC(=O)Cc1cccc2ccccc12)C(=O)NCCOCCOCCNC(=O)OC(C)(C)C. The average Bonchev–Trinajstić information content (AvgIpc) is 3.01. The van der Waals surface area contributed by atoms with Crippen LogP contribution in [0.1, 0.15) is 38.8 Å². The number of nitrogens with one attached hydrogen (secondary N) is 4. The van der Waals surface area contributed by atoms with Gasteiger partial charge in [0.2, 0.25) is 17.7 Å². The highest BCUT2D eigenvalue weighted by Gasteiger charge is 2.25. The van der Waals surface area contributed by atoms with Crippen molar-refractivity contribution in [3.63, 3.8) is 0 Å². The molecule has 0 aromatic heterocycles. The first-order chi connectivity index (χ1) is 22.0. The number of fused-ring (bicyclic) bond motifs is 1. The molecule has 11 heteroatoms. The van der Waals surface area contributed by atoms with Crippen molar-refractivity contribution < 1.29 is 33.4 Å². The van der Waals surface area contributed by atoms with Gasteiger partial charge in [-0.1, -0.05) is 72.8 Å². The Kier molecular flexibility index (Phi) is 14.5. The minimum Gasteiger partial charge on any atom is -0.444 e. The smallest absolute Gasteiger partial charge is 0.407 e. The van der Waals surface area contributed by atoms with E-state index >= 15 is 0 Å². The van der Waals surface area contributed by atoms with Crippen molar-refractivity contribution in [2.45, 2.75) is 58.2 Å². The molecule has 2 atom stereocenters. The Balaban J connectivity index is 1.40. The van der Waals surface area contributed by atoms with Gasteiger partial charge in [0.25, 0.3) is 0 Å². The molecule has 2 unspecified atom stereocenters. The number of hydrogen-bond acceptors (Lipinski definition) is 7. The first-order valence-electron chi connectivity index (χ1n) is 15.5. The van der Waals surface area contributed by atoms with Gasteiger partial charge in [-0.3, -0.25) is 14.4 Å². The lowest BCUT2D eigenvalue weighted by molar-refractivity contribution is -0.131. The second-order valence-electron chi connectivity index (χ2n) is 11.8. The van der Waals surface area contributed by atoms with Gasteiger partial charge < -0.3 is 35.5 Å². The molecule has 3 aromatic rings. The number of alkyl carbamates (subject to hydrolysis) is 1. The summed E-state index contributed by atoms with van der Waals surface area (Å²) in [5.74, 6) is -1.11. The molecule has 248 valence electrons. The van der Waals surface area contributed by atoms with Crippen LogP contribution >= 0.6 is 0 Å². The molecule has 46 heavy (non-hydrogen) atoms. The maximum absolute atomic E-state index is 13.3. The first-order valence-corrected chi connectivity index (χ1v) is 15.5. The van der Waals surface area contributed by atoms with E-state index in [-0.39, 0.29) is 37.8 Å². The van der Waals surface area contributed by atoms with Crippen molar-refractivity contribution >= 4 is 34.6 Å². The van der Waals surface area contributed by atoms with E-state index in [0.29, 0.717) is 26.4 Å². The van der Waals surface area contributed by atoms with Crippen molar-refractivity contribution in [1.29, 1.82) is 0 Å². The number of ether oxygens (including phenoxy) is 3. The van der Waals surface area contributed by atoms with Crippen molar-refractivity contribution in [1.82, 2.24) is 21.3 Å². The zero-order chi connectivity index (χ0) is 33.4. The highest BCUT2D eigenvalue weighted by Crippen LogP contribution is 2.19. The predicted molar refractivity (Wildman–Crippen MR) is 176 cm³/mol. The van der Waals surface area contributed by atoms with Gasteiger partial charge in [-0.05, 0) is 49.6 Å². The number of benzene rings is 3. The van der Waals surface area contributed by atoms with Gasteiger partial charge in [0.05, 0.1) is 32.8 Å². The minimum atomic E-state index is -0.872. The van der Waals surface area contributed by atoms with Gasteiger partial charge in [0.1, 0.15) is 17.7 Å². The van der Waals surface area contributed by atoms with Crippen LogP contribution in [0.25, 0.3) is 10.8 Å². The van der Waals surface area contributed by atoms with Gasteiger partial charge in [-0.15, -0.1) is 0 Å². The molecule has 0 radical (unpaired) electrons. The molecule has 0 aliphatic heterocycles. The number of amides is 4. The Hall–Kier alpha value is -4.48. The molecule has 0 heterocycles. The van der Waals surface area contributed by atoms with Crippen LogP contribution in [0.2, 0.25) is 0 Å². The molecule has 0 spiro atoms. The second kappa shape index (κ2) is 18.5. The number of carbonyl (C=O) groups is 4. The Morgan fingerprint density at radius 2 is 1.35 bits per heavy atom. The Morgan fingerprint density at radius 3 is 2.04 bits per heavy atom. The van der Waals surface area contributed by atoms with E-state index in [2.05, 4.69) is 21.3 Å². The summed E-state index contributed by atoms with van der Waals surface area (Å²) in [6, 6.07) is 21.4. The molecular formula is C35H46N4O7. The Labute approximate surface area is 270 Å². The molecule has 0 aliphatic rings. The van der Waals surface area contributed by atoms with Gasteiger partial charge in [-0.2, -0.15) is 0 Å². The molecule has 0 bridgehead atoms. The van der Waals surface area contributed by atoms with Crippen molar-refractivity contribution in [2.24, 2.45) is 0 Å². The van der Waals surface area contributed by atoms with Crippen molar-refractivity contribution in [3.8, 4) is 0 Å². The van der Waals surface area contributed by atoms with Crippen LogP contribution < -0.4 is 21.3 Å². The molecule has 4 N–H and O–H groups in total. The van der Waals surface area contributed by atoms with E-state index in [4.69, 9.17) is 14.2 Å². The van der Waals surface area contributed by atoms with Crippen LogP contribution in [0.4, 0.5) is 4.79 Å². The van der Waals surface area contributed by atoms with E-state index in [1.807, 2.05) is 72.8 Å². The normalized spacial score (nSPS) is 12.5. The number of hydrogen-bond donors (Lipinski definition) is 4. The molecule has 11 nitrogen and oxygen atoms in total. The van der Waals surface area contributed by atoms with Crippen LogP contribution in [0.3, 0.4) is 0 Å². The molecule has 3 rings (SSSR count). The standard InChI is InChI=1S/C35H46N4O7/c1-25(32(41)36-17-19-44-21-22-45-20-18-37-34(43)46-35(2,3)4)38-33(42)30(23-26-11-6-5-7-12-26)39-31(40)24-28-15-10-14-27-13-8-9-16-29(27)28/h5-16,25,30H,17-24H2,1-4H3,(H,36,41)(H,37,43)(H,38,42)(H,39,40). The summed E-state index contributed by atoms with van der Waals surface area (Å²) < 4.78 is 16.0. The minimum absolute atomic E-state index is 0.115. The van der Waals surface area contributed by atoms with E-state index in [1.54, 1.807) is 27.7 Å². The third-order valence-electron chi connectivity index (χ3n) is 6.75. The van der Waals surface area contributed by atoms with Crippen LogP contribution in [0.5, 0.6) is 0 Å². The molecule has 0 saturated carbocycles. The summed E-state index contributed by atoms with van der Waals surface area (Å²) in [6.45, 7) is 8.73. The molecule has 0 saturated heterocycles. The maximum atomic E-state index is 13.3. The molecule has 3 aromatic carbocycles. The van der Waals surface area contributed by atoms with Crippen molar-refractivity contribution in [2.75, 3.05) is 39.5 Å². The Morgan fingerprint density at radius 1 is 0.717 bits per heavy atom. The summed E-state index contributed by atoms with van der Waals surface area (Å²) in [6.07, 6.45) is -0.110. The monoisotopic (exact) mass is 634 g/mol. The van der Waals surface area contributed by atoms with Crippen LogP contribution in [-0.4, -0.2) is 81.0 Å². The fourth-order valence-electron chi connectivity index (χ4n) is 4.56. The fraction of sp³-hybridized carbons (Fsp3) is 0.429. The zero-order valence-corrected chi connectivity index (χ0v) is 27.1. The molecule has 4 amide bonds. The van der Waals surface area contributed by atoms with E-state index in [0.717, 1.165) is 21.9 Å². The van der Waals surface area contributed by atoms with Crippen LogP contribution in [0.15, 0.2) is 72.8 Å². The molecular weight excluding hydrogens is 588 g/mol. The summed E-state index contributed by atoms with van der Waals surface area (Å²) in [5, 5.41) is 13.0. The van der Waals surface area contributed by atoms with E-state index < -0.39 is 29.7 Å².